The Bertz CT molecular complexity index is 666. The highest BCUT2D eigenvalue weighted by atomic mass is 32.1. The molecule has 5 nitrogen and oxygen atoms in total. The van der Waals surface area contributed by atoms with Gasteiger partial charge in [-0.05, 0) is 24.5 Å². The first kappa shape index (κ1) is 17.0. The predicted octanol–water partition coefficient (Wildman–Crippen LogP) is 3.41. The fourth-order valence-electron chi connectivity index (χ4n) is 2.11. The number of nitrogens with one attached hydrogen (secondary N) is 1. The Morgan fingerprint density at radius 1 is 1.22 bits per heavy atom. The van der Waals surface area contributed by atoms with E-state index in [1.165, 1.54) is 11.3 Å². The number of methoxy groups -OCH3 is 1. The zero-order valence-electron chi connectivity index (χ0n) is 12.9. The fourth-order valence-corrected chi connectivity index (χ4v) is 3.16. The Labute approximate surface area is 138 Å². The third kappa shape index (κ3) is 4.82. The first-order valence-electron chi connectivity index (χ1n) is 7.35. The van der Waals surface area contributed by atoms with Gasteiger partial charge in [0.05, 0.1) is 7.11 Å². The van der Waals surface area contributed by atoms with E-state index in [0.717, 1.165) is 10.4 Å². The number of carboxylic acid groups (broad SMARTS) is 1. The SMILES string of the molecule is COc1cc(-c2ccccc2)sc1C(=O)NCCCCC(=O)O. The molecule has 0 radical (unpaired) electrons. The number of amides is 1. The van der Waals surface area contributed by atoms with E-state index in [9.17, 15) is 9.59 Å². The topological polar surface area (TPSA) is 75.6 Å². The van der Waals surface area contributed by atoms with E-state index in [2.05, 4.69) is 5.32 Å². The highest BCUT2D eigenvalue weighted by Gasteiger charge is 2.17. The number of benzene rings is 1. The number of unbranched alkanes of at least 4 members (excludes halogenated alkanes) is 1. The van der Waals surface area contributed by atoms with Gasteiger partial charge in [-0.2, -0.15) is 0 Å². The normalized spacial score (nSPS) is 10.3. The van der Waals surface area contributed by atoms with Crippen LogP contribution >= 0.6 is 11.3 Å². The second kappa shape index (κ2) is 8.33. The number of hydrogen-bond donors (Lipinski definition) is 2. The summed E-state index contributed by atoms with van der Waals surface area (Å²) in [7, 11) is 1.54. The van der Waals surface area contributed by atoms with Crippen LogP contribution in [0.4, 0.5) is 0 Å². The average molecular weight is 333 g/mol. The van der Waals surface area contributed by atoms with Crippen LogP contribution in [0.3, 0.4) is 0 Å². The number of carboxylic acids is 1. The Morgan fingerprint density at radius 2 is 1.96 bits per heavy atom. The van der Waals surface area contributed by atoms with Gasteiger partial charge in [0.2, 0.25) is 0 Å². The van der Waals surface area contributed by atoms with Crippen LogP contribution in [-0.4, -0.2) is 30.6 Å². The number of aliphatic carboxylic acids is 1. The number of carbonyl (C=O) groups is 2. The lowest BCUT2D eigenvalue weighted by Gasteiger charge is -2.04. The van der Waals surface area contributed by atoms with Crippen LogP contribution in [0.5, 0.6) is 5.75 Å². The van der Waals surface area contributed by atoms with Crippen molar-refractivity contribution < 1.29 is 19.4 Å². The summed E-state index contributed by atoms with van der Waals surface area (Å²) in [6.07, 6.45) is 1.31. The van der Waals surface area contributed by atoms with Crippen molar-refractivity contribution >= 4 is 23.2 Å². The van der Waals surface area contributed by atoms with Crippen molar-refractivity contribution in [2.75, 3.05) is 13.7 Å². The van der Waals surface area contributed by atoms with Crippen molar-refractivity contribution in [3.8, 4) is 16.2 Å². The summed E-state index contributed by atoms with van der Waals surface area (Å²) in [5.41, 5.74) is 1.04. The molecular formula is C17H19NO4S. The molecule has 0 fully saturated rings. The summed E-state index contributed by atoms with van der Waals surface area (Å²) in [6.45, 7) is 0.452. The van der Waals surface area contributed by atoms with E-state index >= 15 is 0 Å². The molecule has 0 aliphatic carbocycles. The standard InChI is InChI=1S/C17H19NO4S/c1-22-13-11-14(12-7-3-2-4-8-12)23-16(13)17(21)18-10-6-5-9-15(19)20/h2-4,7-8,11H,5-6,9-10H2,1H3,(H,18,21)(H,19,20). The monoisotopic (exact) mass is 333 g/mol. The van der Waals surface area contributed by atoms with Crippen LogP contribution in [0.25, 0.3) is 10.4 Å². The van der Waals surface area contributed by atoms with Crippen molar-refractivity contribution in [3.63, 3.8) is 0 Å². The minimum absolute atomic E-state index is 0.121. The maximum Gasteiger partial charge on any atom is 0.303 e. The van der Waals surface area contributed by atoms with Crippen molar-refractivity contribution in [2.24, 2.45) is 0 Å². The maximum atomic E-state index is 12.3. The second-order valence-corrected chi connectivity index (χ2v) is 6.03. The maximum absolute atomic E-state index is 12.3. The molecule has 0 spiro atoms. The first-order chi connectivity index (χ1) is 11.1. The van der Waals surface area contributed by atoms with Crippen LogP contribution in [0, 0.1) is 0 Å². The molecule has 0 unspecified atom stereocenters. The highest BCUT2D eigenvalue weighted by molar-refractivity contribution is 7.17. The van der Waals surface area contributed by atoms with Gasteiger partial charge < -0.3 is 15.2 Å². The number of ether oxygens (including phenoxy) is 1. The molecule has 1 heterocycles. The van der Waals surface area contributed by atoms with Gasteiger partial charge in [-0.1, -0.05) is 30.3 Å². The van der Waals surface area contributed by atoms with Crippen LogP contribution < -0.4 is 10.1 Å². The van der Waals surface area contributed by atoms with E-state index in [0.29, 0.717) is 30.0 Å². The molecule has 0 aliphatic heterocycles. The summed E-state index contributed by atoms with van der Waals surface area (Å²) >= 11 is 1.38. The Hall–Kier alpha value is -2.34. The summed E-state index contributed by atoms with van der Waals surface area (Å²) < 4.78 is 5.30. The third-order valence-corrected chi connectivity index (χ3v) is 4.45. The molecule has 0 atom stereocenters. The lowest BCUT2D eigenvalue weighted by molar-refractivity contribution is -0.137. The van der Waals surface area contributed by atoms with Crippen LogP contribution in [0.1, 0.15) is 28.9 Å². The van der Waals surface area contributed by atoms with Gasteiger partial charge in [-0.15, -0.1) is 11.3 Å². The van der Waals surface area contributed by atoms with Crippen molar-refractivity contribution in [1.29, 1.82) is 0 Å². The molecule has 2 rings (SSSR count). The summed E-state index contributed by atoms with van der Waals surface area (Å²) in [5, 5.41) is 11.4. The average Bonchev–Trinajstić information content (AvgIpc) is 2.99. The number of hydrogen-bond acceptors (Lipinski definition) is 4. The third-order valence-electron chi connectivity index (χ3n) is 3.29. The van der Waals surface area contributed by atoms with Gasteiger partial charge in [0.1, 0.15) is 10.6 Å². The minimum atomic E-state index is -0.816. The van der Waals surface area contributed by atoms with E-state index in [1.54, 1.807) is 7.11 Å². The van der Waals surface area contributed by atoms with Crippen LogP contribution in [-0.2, 0) is 4.79 Å². The van der Waals surface area contributed by atoms with E-state index in [-0.39, 0.29) is 12.3 Å². The predicted molar refractivity (Wildman–Crippen MR) is 90.1 cm³/mol. The Balaban J connectivity index is 1.99. The Kier molecular flexibility index (Phi) is 6.17. The van der Waals surface area contributed by atoms with Crippen molar-refractivity contribution in [3.05, 3.63) is 41.3 Å². The van der Waals surface area contributed by atoms with Gasteiger partial charge in [0, 0.05) is 17.8 Å². The van der Waals surface area contributed by atoms with E-state index in [4.69, 9.17) is 9.84 Å². The van der Waals surface area contributed by atoms with Gasteiger partial charge in [0.25, 0.3) is 5.91 Å². The molecule has 6 heteroatoms. The quantitative estimate of drug-likeness (QED) is 0.726. The van der Waals surface area contributed by atoms with Crippen molar-refractivity contribution in [1.82, 2.24) is 5.32 Å². The number of thiophene rings is 1. The summed E-state index contributed by atoms with van der Waals surface area (Å²) in [5.74, 6) is -0.454. The molecule has 23 heavy (non-hydrogen) atoms. The molecular weight excluding hydrogens is 314 g/mol. The lowest BCUT2D eigenvalue weighted by atomic mass is 10.2. The molecule has 1 aromatic carbocycles. The van der Waals surface area contributed by atoms with Crippen LogP contribution in [0.15, 0.2) is 36.4 Å². The van der Waals surface area contributed by atoms with Gasteiger partial charge in [-0.3, -0.25) is 9.59 Å². The van der Waals surface area contributed by atoms with Crippen LogP contribution in [0.2, 0.25) is 0 Å². The second-order valence-electron chi connectivity index (χ2n) is 4.98. The van der Waals surface area contributed by atoms with Gasteiger partial charge in [0.15, 0.2) is 0 Å². The molecule has 0 bridgehead atoms. The Morgan fingerprint density at radius 3 is 2.61 bits per heavy atom. The van der Waals surface area contributed by atoms with E-state index in [1.807, 2.05) is 36.4 Å². The highest BCUT2D eigenvalue weighted by Crippen LogP contribution is 2.36. The lowest BCUT2D eigenvalue weighted by Crippen LogP contribution is -2.24. The molecule has 0 saturated heterocycles. The summed E-state index contributed by atoms with van der Waals surface area (Å²) in [6, 6.07) is 11.7. The van der Waals surface area contributed by atoms with Gasteiger partial charge >= 0.3 is 5.97 Å². The molecule has 2 N–H and O–H groups in total. The zero-order valence-corrected chi connectivity index (χ0v) is 13.7. The first-order valence-corrected chi connectivity index (χ1v) is 8.16. The molecule has 2 aromatic rings. The number of carbonyl (C=O) groups excluding carboxylic acids is 1. The molecule has 1 amide bonds. The molecule has 0 saturated carbocycles. The summed E-state index contributed by atoms with van der Waals surface area (Å²) in [4.78, 5) is 24.2. The van der Waals surface area contributed by atoms with Crippen molar-refractivity contribution in [2.45, 2.75) is 19.3 Å². The zero-order chi connectivity index (χ0) is 16.7. The number of rotatable bonds is 8. The van der Waals surface area contributed by atoms with Gasteiger partial charge in [-0.25, -0.2) is 0 Å². The minimum Gasteiger partial charge on any atom is -0.495 e. The molecule has 122 valence electrons. The van der Waals surface area contributed by atoms with E-state index < -0.39 is 5.97 Å². The smallest absolute Gasteiger partial charge is 0.303 e. The molecule has 1 aromatic heterocycles. The molecule has 0 aliphatic rings. The fraction of sp³-hybridized carbons (Fsp3) is 0.294. The largest absolute Gasteiger partial charge is 0.495 e.